The Morgan fingerprint density at radius 1 is 0.431 bits per heavy atom. The molecule has 0 unspecified atom stereocenters. The fourth-order valence-electron chi connectivity index (χ4n) is 9.33. The standard InChI is InChI=1S/C60H39N3O2/c64-54-33-31-49-56-47(41-20-9-3-10-21-41)26-15-29-55(56)65-59(49)57(54)60-62-58-48(45-24-13-25-46(36-45)51-38-44(34-35-61-51)40-18-7-2-8-19-40)27-14-28-53(58)63(60)52-32-30-43(39-16-5-1-6-17-39)37-50(52)42-22-11-4-12-23-42/h1-38,64H. The predicted molar refractivity (Wildman–Crippen MR) is 266 cm³/mol. The highest BCUT2D eigenvalue weighted by molar-refractivity contribution is 6.16. The highest BCUT2D eigenvalue weighted by atomic mass is 16.3. The van der Waals surface area contributed by atoms with Crippen molar-refractivity contribution in [3.63, 3.8) is 0 Å². The van der Waals surface area contributed by atoms with Crippen LogP contribution < -0.4 is 0 Å². The lowest BCUT2D eigenvalue weighted by atomic mass is 9.96. The number of benzene rings is 9. The number of furan rings is 1. The third-order valence-corrected chi connectivity index (χ3v) is 12.4. The lowest BCUT2D eigenvalue weighted by Crippen LogP contribution is -2.01. The average molecular weight is 834 g/mol. The van der Waals surface area contributed by atoms with Gasteiger partial charge in [-0.2, -0.15) is 0 Å². The number of pyridine rings is 1. The summed E-state index contributed by atoms with van der Waals surface area (Å²) in [5.74, 6) is 0.637. The molecule has 12 rings (SSSR count). The zero-order valence-corrected chi connectivity index (χ0v) is 35.1. The van der Waals surface area contributed by atoms with E-state index in [9.17, 15) is 5.11 Å². The molecule has 0 aliphatic carbocycles. The first-order valence-corrected chi connectivity index (χ1v) is 21.8. The number of para-hydroxylation sites is 1. The van der Waals surface area contributed by atoms with Crippen LogP contribution in [0.3, 0.4) is 0 Å². The van der Waals surface area contributed by atoms with E-state index in [1.165, 1.54) is 0 Å². The van der Waals surface area contributed by atoms with Gasteiger partial charge < -0.3 is 9.52 Å². The summed E-state index contributed by atoms with van der Waals surface area (Å²) in [6.45, 7) is 0. The molecule has 0 saturated heterocycles. The van der Waals surface area contributed by atoms with Crippen LogP contribution in [0, 0.1) is 0 Å². The summed E-state index contributed by atoms with van der Waals surface area (Å²) in [6, 6.07) is 77.2. The second-order valence-corrected chi connectivity index (χ2v) is 16.3. The van der Waals surface area contributed by atoms with Crippen LogP contribution in [0.5, 0.6) is 5.75 Å². The normalized spacial score (nSPS) is 11.4. The fraction of sp³-hybridized carbons (Fsp3) is 0. The van der Waals surface area contributed by atoms with Crippen molar-refractivity contribution < 1.29 is 9.52 Å². The number of aromatic nitrogens is 3. The molecule has 0 fully saturated rings. The van der Waals surface area contributed by atoms with Crippen molar-refractivity contribution in [2.45, 2.75) is 0 Å². The molecule has 3 heterocycles. The van der Waals surface area contributed by atoms with Gasteiger partial charge in [0.25, 0.3) is 0 Å². The molecule has 5 heteroatoms. The second-order valence-electron chi connectivity index (χ2n) is 16.3. The summed E-state index contributed by atoms with van der Waals surface area (Å²) in [6.07, 6.45) is 1.88. The lowest BCUT2D eigenvalue weighted by Gasteiger charge is -2.17. The first-order valence-electron chi connectivity index (χ1n) is 21.8. The average Bonchev–Trinajstić information content (AvgIpc) is 3.96. The van der Waals surface area contributed by atoms with Crippen molar-refractivity contribution in [1.82, 2.24) is 14.5 Å². The van der Waals surface area contributed by atoms with Crippen LogP contribution >= 0.6 is 0 Å². The van der Waals surface area contributed by atoms with Gasteiger partial charge in [0.1, 0.15) is 22.5 Å². The number of phenols is 1. The summed E-state index contributed by atoms with van der Waals surface area (Å²) in [5.41, 5.74) is 16.9. The van der Waals surface area contributed by atoms with Crippen LogP contribution in [-0.2, 0) is 0 Å². The van der Waals surface area contributed by atoms with E-state index in [4.69, 9.17) is 14.4 Å². The Kier molecular flexibility index (Phi) is 9.24. The second kappa shape index (κ2) is 15.8. The highest BCUT2D eigenvalue weighted by Gasteiger charge is 2.27. The Hall–Kier alpha value is -8.80. The summed E-state index contributed by atoms with van der Waals surface area (Å²) < 4.78 is 9.06. The van der Waals surface area contributed by atoms with Crippen LogP contribution in [0.1, 0.15) is 0 Å². The number of hydrogen-bond donors (Lipinski definition) is 1. The first-order chi connectivity index (χ1) is 32.2. The van der Waals surface area contributed by atoms with Gasteiger partial charge in [-0.15, -0.1) is 0 Å². The molecule has 3 aromatic heterocycles. The Balaban J connectivity index is 1.12. The number of nitrogens with zero attached hydrogens (tertiary/aromatic N) is 3. The van der Waals surface area contributed by atoms with E-state index in [1.54, 1.807) is 6.07 Å². The fourth-order valence-corrected chi connectivity index (χ4v) is 9.33. The summed E-state index contributed by atoms with van der Waals surface area (Å²) >= 11 is 0. The van der Waals surface area contributed by atoms with Crippen LogP contribution in [0.25, 0.3) is 117 Å². The van der Waals surface area contributed by atoms with Gasteiger partial charge in [0.15, 0.2) is 5.82 Å². The maximum Gasteiger partial charge on any atom is 0.153 e. The molecule has 0 amide bonds. The van der Waals surface area contributed by atoms with Crippen molar-refractivity contribution in [3.05, 3.63) is 231 Å². The molecule has 0 aliphatic heterocycles. The van der Waals surface area contributed by atoms with Gasteiger partial charge in [0.05, 0.1) is 22.4 Å². The van der Waals surface area contributed by atoms with Gasteiger partial charge in [0.2, 0.25) is 0 Å². The lowest BCUT2D eigenvalue weighted by molar-refractivity contribution is 0.476. The molecule has 0 radical (unpaired) electrons. The molecule has 9 aromatic carbocycles. The number of aromatic hydroxyl groups is 1. The monoisotopic (exact) mass is 833 g/mol. The van der Waals surface area contributed by atoms with E-state index in [0.29, 0.717) is 17.0 Å². The molecule has 306 valence electrons. The summed E-state index contributed by atoms with van der Waals surface area (Å²) in [5, 5.41) is 14.1. The van der Waals surface area contributed by atoms with Gasteiger partial charge in [-0.3, -0.25) is 9.55 Å². The van der Waals surface area contributed by atoms with Crippen molar-refractivity contribution in [1.29, 1.82) is 0 Å². The van der Waals surface area contributed by atoms with Crippen LogP contribution in [0.4, 0.5) is 0 Å². The van der Waals surface area contributed by atoms with E-state index >= 15 is 0 Å². The molecule has 12 aromatic rings. The molecule has 0 spiro atoms. The van der Waals surface area contributed by atoms with Gasteiger partial charge in [-0.1, -0.05) is 170 Å². The highest BCUT2D eigenvalue weighted by Crippen LogP contribution is 2.47. The number of hydrogen-bond acceptors (Lipinski definition) is 4. The Morgan fingerprint density at radius 3 is 1.75 bits per heavy atom. The van der Waals surface area contributed by atoms with E-state index < -0.39 is 0 Å². The SMILES string of the molecule is Oc1ccc2c(oc3cccc(-c4ccccc4)c32)c1-c1nc2c(-c3cccc(-c4cc(-c5ccccc5)ccn4)c3)cccc2n1-c1ccc(-c2ccccc2)cc1-c1ccccc1. The van der Waals surface area contributed by atoms with E-state index in [2.05, 4.69) is 174 Å². The summed E-state index contributed by atoms with van der Waals surface area (Å²) in [4.78, 5) is 10.4. The van der Waals surface area contributed by atoms with Gasteiger partial charge in [-0.05, 0) is 99.1 Å². The topological polar surface area (TPSA) is 64.1 Å². The van der Waals surface area contributed by atoms with Gasteiger partial charge >= 0.3 is 0 Å². The predicted octanol–water partition coefficient (Wildman–Crippen LogP) is 15.7. The smallest absolute Gasteiger partial charge is 0.153 e. The number of imidazole rings is 1. The molecule has 0 atom stereocenters. The number of rotatable bonds is 8. The maximum atomic E-state index is 12.2. The first kappa shape index (κ1) is 37.9. The Bertz CT molecular complexity index is 3710. The van der Waals surface area contributed by atoms with Crippen LogP contribution in [0.15, 0.2) is 235 Å². The number of fused-ring (bicyclic) bond motifs is 4. The Morgan fingerprint density at radius 2 is 1.03 bits per heavy atom. The van der Waals surface area contributed by atoms with E-state index in [-0.39, 0.29) is 5.75 Å². The molecule has 5 nitrogen and oxygen atoms in total. The molecular formula is C60H39N3O2. The zero-order valence-electron chi connectivity index (χ0n) is 35.1. The molecular weight excluding hydrogens is 795 g/mol. The Labute approximate surface area is 375 Å². The molecule has 0 bridgehead atoms. The summed E-state index contributed by atoms with van der Waals surface area (Å²) in [7, 11) is 0. The van der Waals surface area contributed by atoms with Crippen molar-refractivity contribution >= 4 is 33.0 Å². The van der Waals surface area contributed by atoms with Crippen molar-refractivity contribution in [3.8, 4) is 89.7 Å². The van der Waals surface area contributed by atoms with Crippen molar-refractivity contribution in [2.75, 3.05) is 0 Å². The zero-order chi connectivity index (χ0) is 43.3. The molecule has 0 saturated carbocycles. The molecule has 1 N–H and O–H groups in total. The third kappa shape index (κ3) is 6.66. The quantitative estimate of drug-likeness (QED) is 0.166. The minimum atomic E-state index is 0.0736. The molecule has 65 heavy (non-hydrogen) atoms. The molecule has 0 aliphatic rings. The van der Waals surface area contributed by atoms with Crippen molar-refractivity contribution in [2.24, 2.45) is 0 Å². The minimum Gasteiger partial charge on any atom is -0.507 e. The number of phenolic OH excluding ortho intramolecular Hbond substituents is 1. The van der Waals surface area contributed by atoms with Gasteiger partial charge in [-0.25, -0.2) is 4.98 Å². The van der Waals surface area contributed by atoms with Crippen LogP contribution in [-0.4, -0.2) is 19.6 Å². The van der Waals surface area contributed by atoms with E-state index in [1.807, 2.05) is 54.7 Å². The third-order valence-electron chi connectivity index (χ3n) is 12.4. The maximum absolute atomic E-state index is 12.2. The van der Waals surface area contributed by atoms with Crippen LogP contribution in [0.2, 0.25) is 0 Å². The minimum absolute atomic E-state index is 0.0736. The van der Waals surface area contributed by atoms with E-state index in [0.717, 1.165) is 100.0 Å². The largest absolute Gasteiger partial charge is 0.507 e. The van der Waals surface area contributed by atoms with Gasteiger partial charge in [0, 0.05) is 33.7 Å².